The van der Waals surface area contributed by atoms with Gasteiger partial charge in [-0.3, -0.25) is 13.7 Å². The average Bonchev–Trinajstić information content (AvgIpc) is 2.97. The smallest absolute Gasteiger partial charge is 0.238 e. The number of benzene rings is 12. The molecule has 0 amide bonds. The lowest BCUT2D eigenvalue weighted by Gasteiger charge is -2.17. The number of nitrogens with zero attached hydrogens (tertiary/aromatic N) is 6. The zero-order chi connectivity index (χ0) is 55.0. The van der Waals surface area contributed by atoms with Gasteiger partial charge in [-0.05, 0) is 140 Å². The molecule has 16 aromatic rings. The summed E-state index contributed by atoms with van der Waals surface area (Å²) >= 11 is 0. The van der Waals surface area contributed by atoms with Crippen LogP contribution in [0.1, 0.15) is 5.56 Å². The predicted molar refractivity (Wildman–Crippen MR) is 342 cm³/mol. The second-order valence-electron chi connectivity index (χ2n) is 21.3. The fraction of sp³-hybridized carbons (Fsp3) is 0. The molecule has 6 nitrogen and oxygen atoms in total. The molecule has 0 saturated carbocycles. The number of aromatic nitrogens is 5. The van der Waals surface area contributed by atoms with E-state index in [1.54, 1.807) is 0 Å². The van der Waals surface area contributed by atoms with E-state index in [1.165, 1.54) is 0 Å². The Labute approximate surface area is 478 Å². The topological polar surface area (TPSA) is 64.4 Å². The van der Waals surface area contributed by atoms with Crippen molar-refractivity contribution < 1.29 is 0 Å². The largest absolute Gasteiger partial charge is 0.292 e. The van der Waals surface area contributed by atoms with Crippen LogP contribution in [0, 0.1) is 11.3 Å². The molecule has 0 radical (unpaired) electrons. The third-order valence-corrected chi connectivity index (χ3v) is 16.5. The van der Waals surface area contributed by atoms with E-state index < -0.39 is 0 Å². The van der Waals surface area contributed by atoms with Gasteiger partial charge in [-0.25, -0.2) is 0 Å². The normalized spacial score (nSPS) is 11.6. The Balaban J connectivity index is 1.04. The second-order valence-corrected chi connectivity index (χ2v) is 21.3. The van der Waals surface area contributed by atoms with Gasteiger partial charge in [0, 0.05) is 32.3 Å². The summed E-state index contributed by atoms with van der Waals surface area (Å²) in [6, 6.07) is 106. The minimum atomic E-state index is 0.336. The lowest BCUT2D eigenvalue weighted by molar-refractivity contribution is 0.911. The zero-order valence-electron chi connectivity index (χ0n) is 44.9. The average molecular weight is 1060 g/mol. The van der Waals surface area contributed by atoms with Crippen LogP contribution in [0.5, 0.6) is 0 Å². The van der Waals surface area contributed by atoms with Gasteiger partial charge in [0.2, 0.25) is 5.95 Å². The van der Waals surface area contributed by atoms with Crippen molar-refractivity contribution in [1.29, 1.82) is 5.26 Å². The highest BCUT2D eigenvalue weighted by Gasteiger charge is 2.28. The summed E-state index contributed by atoms with van der Waals surface area (Å²) in [5.41, 5.74) is 19.2. The molecule has 12 aromatic carbocycles. The highest BCUT2D eigenvalue weighted by molar-refractivity contribution is 6.15. The molecular formula is C77H48N6. The van der Waals surface area contributed by atoms with Crippen molar-refractivity contribution in [1.82, 2.24) is 23.7 Å². The highest BCUT2D eigenvalue weighted by Crippen LogP contribution is 2.43. The van der Waals surface area contributed by atoms with Crippen LogP contribution >= 0.6 is 0 Å². The number of hydrogen-bond acceptors (Lipinski definition) is 3. The first-order chi connectivity index (χ1) is 41.1. The predicted octanol–water partition coefficient (Wildman–Crippen LogP) is 19.6. The minimum absolute atomic E-state index is 0.336. The Hall–Kier alpha value is -11.4. The highest BCUT2D eigenvalue weighted by atomic mass is 15.2. The number of nitriles is 1. The summed E-state index contributed by atoms with van der Waals surface area (Å²) in [5, 5.41) is 18.4. The van der Waals surface area contributed by atoms with Crippen LogP contribution in [0.2, 0.25) is 0 Å². The van der Waals surface area contributed by atoms with Crippen LogP contribution in [0.15, 0.2) is 291 Å². The van der Waals surface area contributed by atoms with Crippen molar-refractivity contribution in [2.24, 2.45) is 0 Å². The summed E-state index contributed by atoms with van der Waals surface area (Å²) in [6.07, 6.45) is 0. The van der Waals surface area contributed by atoms with Gasteiger partial charge in [0.1, 0.15) is 11.6 Å². The molecule has 386 valence electrons. The Morgan fingerprint density at radius 2 is 0.434 bits per heavy atom. The first-order valence-electron chi connectivity index (χ1n) is 28.0. The van der Waals surface area contributed by atoms with Gasteiger partial charge in [-0.2, -0.15) is 15.2 Å². The van der Waals surface area contributed by atoms with Crippen molar-refractivity contribution >= 4 is 65.4 Å². The van der Waals surface area contributed by atoms with Crippen LogP contribution in [0.3, 0.4) is 0 Å². The molecule has 0 saturated heterocycles. The van der Waals surface area contributed by atoms with E-state index in [4.69, 9.17) is 9.97 Å². The molecule has 0 aliphatic heterocycles. The van der Waals surface area contributed by atoms with Gasteiger partial charge < -0.3 is 0 Å². The van der Waals surface area contributed by atoms with E-state index in [0.29, 0.717) is 23.1 Å². The van der Waals surface area contributed by atoms with Crippen molar-refractivity contribution in [2.45, 2.75) is 0 Å². The van der Waals surface area contributed by atoms with Crippen LogP contribution in [-0.2, 0) is 0 Å². The maximum absolute atomic E-state index is 12.1. The van der Waals surface area contributed by atoms with Gasteiger partial charge in [0.05, 0.1) is 33.1 Å². The summed E-state index contributed by atoms with van der Waals surface area (Å²) in [7, 11) is 0. The third kappa shape index (κ3) is 7.94. The summed E-state index contributed by atoms with van der Waals surface area (Å²) in [4.78, 5) is 11.5. The fourth-order valence-electron chi connectivity index (χ4n) is 12.6. The van der Waals surface area contributed by atoms with Gasteiger partial charge in [0.25, 0.3) is 0 Å². The SMILES string of the molecule is N#Cc1c(-n2c3ccc(-c4ccccc4)cc3c3cc(-c4ccccc4)ccc32)nc(-n2c3ccc(-c4ccccc4)cc3c3cc(-c4ccccc4)ccc32)nc1-n1c2ccc(-c3ccccc3)cc2c2cc(-c3ccccc3)ccc21. The molecule has 0 unspecified atom stereocenters. The third-order valence-electron chi connectivity index (χ3n) is 16.5. The van der Waals surface area contributed by atoms with Gasteiger partial charge >= 0.3 is 0 Å². The van der Waals surface area contributed by atoms with Crippen LogP contribution in [-0.4, -0.2) is 23.7 Å². The van der Waals surface area contributed by atoms with Crippen molar-refractivity contribution in [3.05, 3.63) is 297 Å². The molecule has 0 N–H and O–H groups in total. The van der Waals surface area contributed by atoms with Crippen molar-refractivity contribution in [2.75, 3.05) is 0 Å². The summed E-state index contributed by atoms with van der Waals surface area (Å²) in [6.45, 7) is 0. The van der Waals surface area contributed by atoms with Crippen LogP contribution in [0.4, 0.5) is 0 Å². The maximum Gasteiger partial charge on any atom is 0.238 e. The van der Waals surface area contributed by atoms with Gasteiger partial charge in [0.15, 0.2) is 11.6 Å². The standard InChI is InChI=1S/C77H48N6/c78-49-68-75(81-69-37-31-56(50-19-7-1-8-20-50)43-62(69)63-44-57(32-38-70(63)81)51-21-9-2-10-22-51)79-77(83-73-41-35-60(54-27-15-5-16-28-54)47-66(73)67-48-61(36-42-74(67)83)55-29-17-6-18-30-55)80-76(68)82-71-39-33-58(52-23-11-3-12-24-52)45-64(71)65-46-59(34-40-72(65)82)53-25-13-4-14-26-53/h1-48H. The Bertz CT molecular complexity index is 4720. The van der Waals surface area contributed by atoms with Crippen molar-refractivity contribution in [3.8, 4) is 90.4 Å². The molecule has 0 aliphatic carbocycles. The molecule has 0 aliphatic rings. The van der Waals surface area contributed by atoms with Gasteiger partial charge in [-0.1, -0.05) is 218 Å². The van der Waals surface area contributed by atoms with E-state index in [2.05, 4.69) is 311 Å². The molecule has 6 heteroatoms. The first kappa shape index (κ1) is 47.6. The van der Waals surface area contributed by atoms with E-state index in [0.717, 1.165) is 132 Å². The molecule has 83 heavy (non-hydrogen) atoms. The maximum atomic E-state index is 12.1. The Morgan fingerprint density at radius 3 is 0.639 bits per heavy atom. The summed E-state index contributed by atoms with van der Waals surface area (Å²) in [5.74, 6) is 1.38. The lowest BCUT2D eigenvalue weighted by Crippen LogP contribution is -2.13. The molecule has 4 heterocycles. The molecule has 16 rings (SSSR count). The van der Waals surface area contributed by atoms with Gasteiger partial charge in [-0.15, -0.1) is 0 Å². The molecule has 0 fully saturated rings. The number of rotatable bonds is 9. The second kappa shape index (κ2) is 19.5. The van der Waals surface area contributed by atoms with E-state index in [-0.39, 0.29) is 0 Å². The molecular weight excluding hydrogens is 1010 g/mol. The Kier molecular flexibility index (Phi) is 11.2. The zero-order valence-corrected chi connectivity index (χ0v) is 44.9. The van der Waals surface area contributed by atoms with Crippen LogP contribution < -0.4 is 0 Å². The van der Waals surface area contributed by atoms with E-state index >= 15 is 0 Å². The molecule has 0 spiro atoms. The first-order valence-corrected chi connectivity index (χ1v) is 28.0. The molecule has 0 bridgehead atoms. The molecule has 4 aromatic heterocycles. The van der Waals surface area contributed by atoms with E-state index in [1.807, 2.05) is 0 Å². The quantitative estimate of drug-likeness (QED) is 0.145. The number of fused-ring (bicyclic) bond motifs is 9. The Morgan fingerprint density at radius 1 is 0.229 bits per heavy atom. The lowest BCUT2D eigenvalue weighted by atomic mass is 10.0. The summed E-state index contributed by atoms with van der Waals surface area (Å²) < 4.78 is 6.60. The van der Waals surface area contributed by atoms with Crippen molar-refractivity contribution in [3.63, 3.8) is 0 Å². The van der Waals surface area contributed by atoms with E-state index in [9.17, 15) is 5.26 Å². The number of hydrogen-bond donors (Lipinski definition) is 0. The minimum Gasteiger partial charge on any atom is -0.292 e. The molecule has 0 atom stereocenters. The van der Waals surface area contributed by atoms with Crippen LogP contribution in [0.25, 0.3) is 150 Å². The fourth-order valence-corrected chi connectivity index (χ4v) is 12.6. The monoisotopic (exact) mass is 1060 g/mol.